The van der Waals surface area contributed by atoms with Crippen molar-refractivity contribution in [1.29, 1.82) is 0 Å². The molecule has 0 bridgehead atoms. The summed E-state index contributed by atoms with van der Waals surface area (Å²) in [6, 6.07) is 11.4. The van der Waals surface area contributed by atoms with E-state index < -0.39 is 11.7 Å². The minimum absolute atomic E-state index is 0.399. The zero-order valence-corrected chi connectivity index (χ0v) is 10.9. The summed E-state index contributed by atoms with van der Waals surface area (Å²) in [5.74, 6) is 5.33. The van der Waals surface area contributed by atoms with Crippen molar-refractivity contribution in [3.8, 4) is 0 Å². The first-order valence-electron chi connectivity index (χ1n) is 5.63. The fraction of sp³-hybridized carbons (Fsp3) is 0.0714. The molecule has 0 amide bonds. The maximum absolute atomic E-state index is 12.5. The van der Waals surface area contributed by atoms with Crippen molar-refractivity contribution in [3.63, 3.8) is 0 Å². The van der Waals surface area contributed by atoms with Gasteiger partial charge in [0.25, 0.3) is 0 Å². The van der Waals surface area contributed by atoms with E-state index in [9.17, 15) is 13.2 Å². The van der Waals surface area contributed by atoms with Crippen LogP contribution in [0.3, 0.4) is 0 Å². The highest BCUT2D eigenvalue weighted by Gasteiger charge is 2.30. The predicted octanol–water partition coefficient (Wildman–Crippen LogP) is 4.07. The zero-order chi connectivity index (χ0) is 14.8. The highest BCUT2D eigenvalue weighted by molar-refractivity contribution is 6.30. The molecule has 2 rings (SSSR count). The Labute approximate surface area is 118 Å². The largest absolute Gasteiger partial charge is 0.416 e. The number of hydrogen-bond acceptors (Lipinski definition) is 2. The summed E-state index contributed by atoms with van der Waals surface area (Å²) in [5, 5.41) is 4.20. The van der Waals surface area contributed by atoms with Crippen LogP contribution in [0.5, 0.6) is 0 Å². The molecule has 0 aromatic heterocycles. The minimum atomic E-state index is -4.36. The van der Waals surface area contributed by atoms with Gasteiger partial charge in [-0.2, -0.15) is 18.3 Å². The smallest absolute Gasteiger partial charge is 0.323 e. The summed E-state index contributed by atoms with van der Waals surface area (Å²) < 4.78 is 37.5. The first-order chi connectivity index (χ1) is 9.41. The lowest BCUT2D eigenvalue weighted by molar-refractivity contribution is -0.137. The quantitative estimate of drug-likeness (QED) is 0.506. The van der Waals surface area contributed by atoms with Crippen molar-refractivity contribution in [2.75, 3.05) is 0 Å². The normalized spacial score (nSPS) is 12.5. The number of nitrogens with two attached hydrogens (primary N) is 1. The Bertz CT molecular complexity index is 616. The second-order valence-electron chi connectivity index (χ2n) is 4.06. The SMILES string of the molecule is N/N=C(\c1ccc(Cl)cc1)c1ccc(C(F)(F)F)cc1. The van der Waals surface area contributed by atoms with E-state index in [2.05, 4.69) is 5.10 Å². The molecule has 2 nitrogen and oxygen atoms in total. The summed E-state index contributed by atoms with van der Waals surface area (Å²) in [5.41, 5.74) is 0.864. The van der Waals surface area contributed by atoms with E-state index in [1.807, 2.05) is 0 Å². The Hall–Kier alpha value is -2.01. The van der Waals surface area contributed by atoms with Gasteiger partial charge in [0.1, 0.15) is 0 Å². The van der Waals surface area contributed by atoms with Crippen molar-refractivity contribution in [1.82, 2.24) is 0 Å². The Morgan fingerprint density at radius 1 is 0.900 bits per heavy atom. The van der Waals surface area contributed by atoms with Crippen LogP contribution < -0.4 is 5.84 Å². The average molecular weight is 299 g/mol. The van der Waals surface area contributed by atoms with Crippen LogP contribution in [0.4, 0.5) is 13.2 Å². The van der Waals surface area contributed by atoms with Crippen LogP contribution in [-0.2, 0) is 6.18 Å². The Kier molecular flexibility index (Phi) is 3.99. The second kappa shape index (κ2) is 5.54. The van der Waals surface area contributed by atoms with Crippen molar-refractivity contribution in [3.05, 3.63) is 70.2 Å². The molecule has 2 aromatic rings. The van der Waals surface area contributed by atoms with Gasteiger partial charge in [0.2, 0.25) is 0 Å². The molecule has 104 valence electrons. The van der Waals surface area contributed by atoms with Gasteiger partial charge in [0, 0.05) is 16.1 Å². The van der Waals surface area contributed by atoms with Gasteiger partial charge in [-0.15, -0.1) is 0 Å². The number of alkyl halides is 3. The molecule has 0 saturated heterocycles. The number of benzene rings is 2. The van der Waals surface area contributed by atoms with Gasteiger partial charge in [-0.1, -0.05) is 35.9 Å². The van der Waals surface area contributed by atoms with Crippen molar-refractivity contribution < 1.29 is 13.2 Å². The fourth-order valence-corrected chi connectivity index (χ4v) is 1.87. The van der Waals surface area contributed by atoms with E-state index in [4.69, 9.17) is 17.4 Å². The maximum Gasteiger partial charge on any atom is 0.416 e. The highest BCUT2D eigenvalue weighted by Crippen LogP contribution is 2.29. The molecule has 0 unspecified atom stereocenters. The molecule has 0 spiro atoms. The van der Waals surface area contributed by atoms with Crippen molar-refractivity contribution in [2.24, 2.45) is 10.9 Å². The first kappa shape index (κ1) is 14.4. The third-order valence-electron chi connectivity index (χ3n) is 2.73. The molecule has 2 N–H and O–H groups in total. The molecular formula is C14H10ClF3N2. The molecule has 0 aliphatic heterocycles. The van der Waals surface area contributed by atoms with Gasteiger partial charge in [-0.25, -0.2) is 0 Å². The van der Waals surface area contributed by atoms with E-state index in [1.54, 1.807) is 24.3 Å². The lowest BCUT2D eigenvalue weighted by Gasteiger charge is -2.09. The summed E-state index contributed by atoms with van der Waals surface area (Å²) in [6.07, 6.45) is -4.36. The summed E-state index contributed by atoms with van der Waals surface area (Å²) in [4.78, 5) is 0. The van der Waals surface area contributed by atoms with Gasteiger partial charge in [0.05, 0.1) is 11.3 Å². The third kappa shape index (κ3) is 3.11. The summed E-state index contributed by atoms with van der Waals surface area (Å²) in [6.45, 7) is 0. The van der Waals surface area contributed by atoms with Gasteiger partial charge >= 0.3 is 6.18 Å². The lowest BCUT2D eigenvalue weighted by Crippen LogP contribution is -2.08. The first-order valence-corrected chi connectivity index (χ1v) is 6.01. The van der Waals surface area contributed by atoms with E-state index in [0.29, 0.717) is 21.9 Å². The molecule has 2 aromatic carbocycles. The Morgan fingerprint density at radius 2 is 1.35 bits per heavy atom. The monoisotopic (exact) mass is 298 g/mol. The van der Waals surface area contributed by atoms with Gasteiger partial charge < -0.3 is 5.84 Å². The Balaban J connectivity index is 2.36. The number of hydrogen-bond donors (Lipinski definition) is 1. The number of hydrazone groups is 1. The molecule has 6 heteroatoms. The van der Waals surface area contributed by atoms with Crippen molar-refractivity contribution >= 4 is 17.3 Å². The predicted molar refractivity (Wildman–Crippen MR) is 72.7 cm³/mol. The Morgan fingerprint density at radius 3 is 1.75 bits per heavy atom. The van der Waals surface area contributed by atoms with Crippen LogP contribution in [-0.4, -0.2) is 5.71 Å². The third-order valence-corrected chi connectivity index (χ3v) is 2.98. The van der Waals surface area contributed by atoms with Crippen LogP contribution in [0, 0.1) is 0 Å². The second-order valence-corrected chi connectivity index (χ2v) is 4.50. The fourth-order valence-electron chi connectivity index (χ4n) is 1.74. The van der Waals surface area contributed by atoms with Gasteiger partial charge in [0.15, 0.2) is 0 Å². The van der Waals surface area contributed by atoms with Crippen LogP contribution in [0.15, 0.2) is 53.6 Å². The van der Waals surface area contributed by atoms with Crippen LogP contribution in [0.2, 0.25) is 5.02 Å². The van der Waals surface area contributed by atoms with Gasteiger partial charge in [-0.3, -0.25) is 0 Å². The highest BCUT2D eigenvalue weighted by atomic mass is 35.5. The molecule has 0 radical (unpaired) electrons. The van der Waals surface area contributed by atoms with E-state index in [-0.39, 0.29) is 0 Å². The summed E-state index contributed by atoms with van der Waals surface area (Å²) in [7, 11) is 0. The zero-order valence-electron chi connectivity index (χ0n) is 10.2. The number of rotatable bonds is 2. The molecule has 20 heavy (non-hydrogen) atoms. The standard InChI is InChI=1S/C14H10ClF3N2/c15-12-7-3-10(4-8-12)13(20-19)9-1-5-11(6-2-9)14(16,17)18/h1-8H,19H2/b20-13-. The van der Waals surface area contributed by atoms with Crippen LogP contribution >= 0.6 is 11.6 Å². The molecule has 0 saturated carbocycles. The summed E-state index contributed by atoms with van der Waals surface area (Å²) >= 11 is 5.78. The molecule has 0 heterocycles. The molecular weight excluding hydrogens is 289 g/mol. The minimum Gasteiger partial charge on any atom is -0.323 e. The molecule has 0 aliphatic rings. The molecule has 0 atom stereocenters. The van der Waals surface area contributed by atoms with E-state index in [0.717, 1.165) is 12.1 Å². The maximum atomic E-state index is 12.5. The van der Waals surface area contributed by atoms with Gasteiger partial charge in [-0.05, 0) is 24.3 Å². The van der Waals surface area contributed by atoms with E-state index >= 15 is 0 Å². The lowest BCUT2D eigenvalue weighted by atomic mass is 10.0. The van der Waals surface area contributed by atoms with E-state index in [1.165, 1.54) is 12.1 Å². The molecule has 0 fully saturated rings. The van der Waals surface area contributed by atoms with Crippen LogP contribution in [0.25, 0.3) is 0 Å². The van der Waals surface area contributed by atoms with Crippen LogP contribution in [0.1, 0.15) is 16.7 Å². The number of nitrogens with zero attached hydrogens (tertiary/aromatic N) is 1. The molecule has 0 aliphatic carbocycles. The number of halogens is 4. The topological polar surface area (TPSA) is 38.4 Å². The average Bonchev–Trinajstić information content (AvgIpc) is 2.41. The van der Waals surface area contributed by atoms with Crippen molar-refractivity contribution in [2.45, 2.75) is 6.18 Å².